The second-order valence-corrected chi connectivity index (χ2v) is 7.26. The maximum atomic E-state index is 11.2. The molecule has 7 heteroatoms. The topological polar surface area (TPSA) is 82.1 Å². The van der Waals surface area contributed by atoms with Gasteiger partial charge in [0.1, 0.15) is 6.10 Å². The molecule has 1 aromatic carbocycles. The van der Waals surface area contributed by atoms with E-state index >= 15 is 0 Å². The zero-order valence-electron chi connectivity index (χ0n) is 13.0. The average molecular weight is 330 g/mol. The molecule has 22 heavy (non-hydrogen) atoms. The molecule has 1 heterocycles. The van der Waals surface area contributed by atoms with Gasteiger partial charge in [-0.2, -0.15) is 8.42 Å². The molecule has 1 aliphatic heterocycles. The lowest BCUT2D eigenvalue weighted by Crippen LogP contribution is -2.24. The van der Waals surface area contributed by atoms with Crippen LogP contribution in [-0.4, -0.2) is 44.7 Å². The number of aryl methyl sites for hydroxylation is 1. The van der Waals surface area contributed by atoms with Crippen LogP contribution in [0.4, 0.5) is 0 Å². The first-order chi connectivity index (χ1) is 10.2. The fourth-order valence-electron chi connectivity index (χ4n) is 2.32. The third-order valence-electron chi connectivity index (χ3n) is 3.51. The van der Waals surface area contributed by atoms with Gasteiger partial charge >= 0.3 is 0 Å². The number of hydrogen-bond acceptors (Lipinski definition) is 5. The fraction of sp³-hybridized carbons (Fsp3) is 0.600. The van der Waals surface area contributed by atoms with Crippen LogP contribution in [0.15, 0.2) is 23.1 Å². The van der Waals surface area contributed by atoms with Crippen molar-refractivity contribution in [3.05, 3.63) is 29.3 Å². The van der Waals surface area contributed by atoms with Gasteiger partial charge in [0.15, 0.2) is 5.79 Å². The molecule has 0 bridgehead atoms. The van der Waals surface area contributed by atoms with Crippen molar-refractivity contribution in [2.75, 3.05) is 19.8 Å². The Morgan fingerprint density at radius 2 is 2.14 bits per heavy atom. The van der Waals surface area contributed by atoms with Crippen LogP contribution in [0.3, 0.4) is 0 Å². The quantitative estimate of drug-likeness (QED) is 0.634. The summed E-state index contributed by atoms with van der Waals surface area (Å²) in [4.78, 5) is -0.0950. The highest BCUT2D eigenvalue weighted by atomic mass is 32.2. The lowest BCUT2D eigenvalue weighted by molar-refractivity contribution is -0.144. The van der Waals surface area contributed by atoms with Crippen LogP contribution in [0.2, 0.25) is 0 Å². The van der Waals surface area contributed by atoms with Crippen molar-refractivity contribution in [1.82, 2.24) is 0 Å². The van der Waals surface area contributed by atoms with E-state index in [2.05, 4.69) is 0 Å². The van der Waals surface area contributed by atoms with Crippen LogP contribution in [0.5, 0.6) is 0 Å². The zero-order chi connectivity index (χ0) is 16.4. The first kappa shape index (κ1) is 17.4. The Hall–Kier alpha value is -0.990. The van der Waals surface area contributed by atoms with E-state index in [4.69, 9.17) is 18.8 Å². The second kappa shape index (κ2) is 6.64. The third-order valence-corrected chi connectivity index (χ3v) is 4.35. The van der Waals surface area contributed by atoms with E-state index < -0.39 is 15.9 Å². The van der Waals surface area contributed by atoms with Gasteiger partial charge in [0.2, 0.25) is 0 Å². The van der Waals surface area contributed by atoms with Gasteiger partial charge in [0.25, 0.3) is 10.1 Å². The van der Waals surface area contributed by atoms with Crippen LogP contribution >= 0.6 is 0 Å². The van der Waals surface area contributed by atoms with Gasteiger partial charge in [-0.15, -0.1) is 0 Å². The molecule has 0 amide bonds. The highest BCUT2D eigenvalue weighted by molar-refractivity contribution is 7.85. The molecular formula is C15H22O6S. The van der Waals surface area contributed by atoms with Gasteiger partial charge in [-0.1, -0.05) is 6.07 Å². The number of hydrogen-bond donors (Lipinski definition) is 1. The van der Waals surface area contributed by atoms with Gasteiger partial charge in [-0.25, -0.2) is 0 Å². The molecule has 1 atom stereocenters. The van der Waals surface area contributed by atoms with Crippen LogP contribution in [-0.2, 0) is 30.7 Å². The van der Waals surface area contributed by atoms with Crippen LogP contribution < -0.4 is 0 Å². The number of benzene rings is 1. The Morgan fingerprint density at radius 1 is 1.41 bits per heavy atom. The van der Waals surface area contributed by atoms with Crippen LogP contribution in [0, 0.1) is 6.92 Å². The lowest BCUT2D eigenvalue weighted by atomic mass is 10.1. The first-order valence-electron chi connectivity index (χ1n) is 7.14. The summed E-state index contributed by atoms with van der Waals surface area (Å²) in [6, 6.07) is 4.54. The predicted octanol–water partition coefficient (Wildman–Crippen LogP) is 1.95. The summed E-state index contributed by atoms with van der Waals surface area (Å²) in [5.74, 6) is -0.561. The first-order valence-corrected chi connectivity index (χ1v) is 8.58. The van der Waals surface area contributed by atoms with Gasteiger partial charge in [0, 0.05) is 0 Å². The smallest absolute Gasteiger partial charge is 0.294 e. The van der Waals surface area contributed by atoms with Gasteiger partial charge in [0.05, 0.1) is 24.7 Å². The summed E-state index contributed by atoms with van der Waals surface area (Å²) in [6.07, 6.45) is 0.479. The summed E-state index contributed by atoms with van der Waals surface area (Å²) < 4.78 is 48.0. The molecule has 1 N–H and O–H groups in total. The number of ether oxygens (including phenoxy) is 3. The third kappa shape index (κ3) is 4.76. The van der Waals surface area contributed by atoms with Crippen molar-refractivity contribution in [3.63, 3.8) is 0 Å². The minimum Gasteiger partial charge on any atom is -0.378 e. The Labute approximate surface area is 131 Å². The minimum absolute atomic E-state index is 0.0831. The SMILES string of the molecule is Cc1ccc(S(=O)(=O)O)cc1CCOCC1COC(C)(C)O1. The van der Waals surface area contributed by atoms with Crippen molar-refractivity contribution in [2.45, 2.75) is 44.0 Å². The van der Waals surface area contributed by atoms with Gasteiger partial charge < -0.3 is 14.2 Å². The predicted molar refractivity (Wildman–Crippen MR) is 80.4 cm³/mol. The molecule has 0 aromatic heterocycles. The van der Waals surface area contributed by atoms with E-state index in [0.29, 0.717) is 26.2 Å². The van der Waals surface area contributed by atoms with Crippen molar-refractivity contribution in [3.8, 4) is 0 Å². The molecule has 1 aromatic rings. The fourth-order valence-corrected chi connectivity index (χ4v) is 2.85. The monoisotopic (exact) mass is 330 g/mol. The Balaban J connectivity index is 1.85. The van der Waals surface area contributed by atoms with Gasteiger partial charge in [-0.05, 0) is 50.5 Å². The molecule has 0 aliphatic carbocycles. The molecule has 1 saturated heterocycles. The van der Waals surface area contributed by atoms with Gasteiger partial charge in [-0.3, -0.25) is 4.55 Å². The van der Waals surface area contributed by atoms with Crippen LogP contribution in [0.1, 0.15) is 25.0 Å². The molecule has 124 valence electrons. The van der Waals surface area contributed by atoms with E-state index in [-0.39, 0.29) is 11.0 Å². The Kier molecular flexibility index (Phi) is 5.24. The standard InChI is InChI=1S/C15H22O6S/c1-11-4-5-14(22(16,17)18)8-12(11)6-7-19-9-13-10-20-15(2,3)21-13/h4-5,8,13H,6-7,9-10H2,1-3H3,(H,16,17,18). The maximum Gasteiger partial charge on any atom is 0.294 e. The summed E-state index contributed by atoms with van der Waals surface area (Å²) in [5, 5.41) is 0. The average Bonchev–Trinajstić information content (AvgIpc) is 2.75. The largest absolute Gasteiger partial charge is 0.378 e. The molecule has 1 fully saturated rings. The van der Waals surface area contributed by atoms with Crippen molar-refractivity contribution >= 4 is 10.1 Å². The second-order valence-electron chi connectivity index (χ2n) is 5.84. The van der Waals surface area contributed by atoms with E-state index in [9.17, 15) is 8.42 Å². The minimum atomic E-state index is -4.18. The molecule has 0 spiro atoms. The van der Waals surface area contributed by atoms with E-state index in [1.54, 1.807) is 6.07 Å². The summed E-state index contributed by atoms with van der Waals surface area (Å²) in [6.45, 7) is 6.98. The summed E-state index contributed by atoms with van der Waals surface area (Å²) in [5.41, 5.74) is 1.79. The van der Waals surface area contributed by atoms with Crippen molar-refractivity contribution < 1.29 is 27.2 Å². The Bertz CT molecular complexity index is 623. The number of rotatable bonds is 6. The van der Waals surface area contributed by atoms with E-state index in [0.717, 1.165) is 11.1 Å². The van der Waals surface area contributed by atoms with Crippen molar-refractivity contribution in [1.29, 1.82) is 0 Å². The molecule has 6 nitrogen and oxygen atoms in total. The van der Waals surface area contributed by atoms with E-state index in [1.807, 2.05) is 20.8 Å². The Morgan fingerprint density at radius 3 is 2.73 bits per heavy atom. The maximum absolute atomic E-state index is 11.2. The molecule has 1 unspecified atom stereocenters. The summed E-state index contributed by atoms with van der Waals surface area (Å²) >= 11 is 0. The highest BCUT2D eigenvalue weighted by Gasteiger charge is 2.32. The lowest BCUT2D eigenvalue weighted by Gasteiger charge is -2.17. The highest BCUT2D eigenvalue weighted by Crippen LogP contribution is 2.22. The molecular weight excluding hydrogens is 308 g/mol. The normalized spacial score (nSPS) is 21.2. The van der Waals surface area contributed by atoms with Crippen LogP contribution in [0.25, 0.3) is 0 Å². The molecule has 0 radical (unpaired) electrons. The molecule has 0 saturated carbocycles. The zero-order valence-corrected chi connectivity index (χ0v) is 13.9. The summed E-state index contributed by atoms with van der Waals surface area (Å²) in [7, 11) is -4.18. The van der Waals surface area contributed by atoms with E-state index in [1.165, 1.54) is 12.1 Å². The molecule has 2 rings (SSSR count). The van der Waals surface area contributed by atoms with Crippen molar-refractivity contribution in [2.24, 2.45) is 0 Å². The molecule has 1 aliphatic rings.